The van der Waals surface area contributed by atoms with Gasteiger partial charge in [0, 0.05) is 24.8 Å². The van der Waals surface area contributed by atoms with E-state index >= 15 is 0 Å². The quantitative estimate of drug-likeness (QED) is 0.815. The molecule has 0 spiro atoms. The standard InChI is InChI=1S/C13H16N2O3S/c1-18-10-4-2-3-9(7-10)15-12(16)8-11(13(15)17)19-6-5-14/h2-4,7,11H,5-6,8,14H2,1H3. The van der Waals surface area contributed by atoms with Crippen LogP contribution < -0.4 is 15.4 Å². The number of carbonyl (C=O) groups is 2. The van der Waals surface area contributed by atoms with Gasteiger partial charge in [-0.3, -0.25) is 9.59 Å². The van der Waals surface area contributed by atoms with Crippen LogP contribution in [0, 0.1) is 0 Å². The molecular weight excluding hydrogens is 264 g/mol. The zero-order valence-corrected chi connectivity index (χ0v) is 11.5. The molecule has 1 heterocycles. The van der Waals surface area contributed by atoms with E-state index in [1.54, 1.807) is 31.4 Å². The number of nitrogens with zero attached hydrogens (tertiary/aromatic N) is 1. The summed E-state index contributed by atoms with van der Waals surface area (Å²) in [6, 6.07) is 6.95. The highest BCUT2D eigenvalue weighted by molar-refractivity contribution is 8.00. The SMILES string of the molecule is COc1cccc(N2C(=O)CC(SCCN)C2=O)c1. The normalized spacial score (nSPS) is 19.1. The summed E-state index contributed by atoms with van der Waals surface area (Å²) >= 11 is 1.44. The summed E-state index contributed by atoms with van der Waals surface area (Å²) in [5.41, 5.74) is 5.98. The number of hydrogen-bond acceptors (Lipinski definition) is 5. The molecule has 1 aliphatic heterocycles. The molecule has 2 rings (SSSR count). The van der Waals surface area contributed by atoms with Crippen molar-refractivity contribution in [3.63, 3.8) is 0 Å². The van der Waals surface area contributed by atoms with Crippen LogP contribution in [-0.4, -0.2) is 36.5 Å². The predicted molar refractivity (Wildman–Crippen MR) is 75.4 cm³/mol. The summed E-state index contributed by atoms with van der Waals surface area (Å²) in [4.78, 5) is 25.4. The maximum Gasteiger partial charge on any atom is 0.247 e. The first-order valence-corrected chi connectivity index (χ1v) is 7.04. The van der Waals surface area contributed by atoms with Gasteiger partial charge in [-0.1, -0.05) is 6.07 Å². The van der Waals surface area contributed by atoms with E-state index in [2.05, 4.69) is 0 Å². The number of anilines is 1. The van der Waals surface area contributed by atoms with Crippen molar-refractivity contribution < 1.29 is 14.3 Å². The van der Waals surface area contributed by atoms with E-state index in [4.69, 9.17) is 10.5 Å². The highest BCUT2D eigenvalue weighted by Crippen LogP contribution is 2.30. The third kappa shape index (κ3) is 2.90. The van der Waals surface area contributed by atoms with Gasteiger partial charge in [0.15, 0.2) is 0 Å². The lowest BCUT2D eigenvalue weighted by molar-refractivity contribution is -0.121. The zero-order valence-electron chi connectivity index (χ0n) is 10.7. The smallest absolute Gasteiger partial charge is 0.247 e. The molecule has 19 heavy (non-hydrogen) atoms. The first-order chi connectivity index (χ1) is 9.17. The number of imide groups is 1. The third-order valence-corrected chi connectivity index (χ3v) is 4.10. The monoisotopic (exact) mass is 280 g/mol. The van der Waals surface area contributed by atoms with Crippen molar-refractivity contribution in [1.82, 2.24) is 0 Å². The first-order valence-electron chi connectivity index (χ1n) is 6.00. The Balaban J connectivity index is 2.19. The van der Waals surface area contributed by atoms with Crippen LogP contribution in [0.5, 0.6) is 5.75 Å². The van der Waals surface area contributed by atoms with E-state index in [9.17, 15) is 9.59 Å². The Hall–Kier alpha value is -1.53. The second kappa shape index (κ2) is 6.08. The van der Waals surface area contributed by atoms with E-state index in [0.717, 1.165) is 0 Å². The number of ether oxygens (including phenoxy) is 1. The molecule has 102 valence electrons. The van der Waals surface area contributed by atoms with Gasteiger partial charge in [0.05, 0.1) is 18.0 Å². The number of methoxy groups -OCH3 is 1. The predicted octanol–water partition coefficient (Wildman–Crippen LogP) is 1.02. The minimum atomic E-state index is -0.317. The summed E-state index contributed by atoms with van der Waals surface area (Å²) in [5, 5.41) is -0.317. The van der Waals surface area contributed by atoms with Gasteiger partial charge in [-0.2, -0.15) is 0 Å². The Labute approximate surface area is 116 Å². The average molecular weight is 280 g/mol. The van der Waals surface area contributed by atoms with Crippen molar-refractivity contribution in [2.45, 2.75) is 11.7 Å². The van der Waals surface area contributed by atoms with Crippen molar-refractivity contribution >= 4 is 29.3 Å². The molecule has 0 bridgehead atoms. The summed E-state index contributed by atoms with van der Waals surface area (Å²) in [5.74, 6) is 0.955. The van der Waals surface area contributed by atoms with Crippen molar-refractivity contribution in [2.24, 2.45) is 5.73 Å². The molecule has 0 aliphatic carbocycles. The number of rotatable bonds is 5. The number of benzene rings is 1. The maximum absolute atomic E-state index is 12.2. The molecular formula is C13H16N2O3S. The van der Waals surface area contributed by atoms with Crippen LogP contribution in [-0.2, 0) is 9.59 Å². The maximum atomic E-state index is 12.2. The summed E-state index contributed by atoms with van der Waals surface area (Å²) in [7, 11) is 1.55. The van der Waals surface area contributed by atoms with Crippen LogP contribution >= 0.6 is 11.8 Å². The molecule has 2 N–H and O–H groups in total. The number of thioether (sulfide) groups is 1. The molecule has 1 aromatic carbocycles. The number of hydrogen-bond donors (Lipinski definition) is 1. The largest absolute Gasteiger partial charge is 0.497 e. The zero-order chi connectivity index (χ0) is 13.8. The number of carbonyl (C=O) groups excluding carboxylic acids is 2. The van der Waals surface area contributed by atoms with Gasteiger partial charge < -0.3 is 10.5 Å². The van der Waals surface area contributed by atoms with Crippen molar-refractivity contribution in [2.75, 3.05) is 24.3 Å². The lowest BCUT2D eigenvalue weighted by Gasteiger charge is -2.15. The Morgan fingerprint density at radius 3 is 2.95 bits per heavy atom. The third-order valence-electron chi connectivity index (χ3n) is 2.85. The molecule has 0 aromatic heterocycles. The molecule has 0 saturated carbocycles. The van der Waals surface area contributed by atoms with E-state index in [-0.39, 0.29) is 23.5 Å². The van der Waals surface area contributed by atoms with Gasteiger partial charge in [-0.25, -0.2) is 4.90 Å². The highest BCUT2D eigenvalue weighted by Gasteiger charge is 2.39. The van der Waals surface area contributed by atoms with Crippen LogP contribution in [0.3, 0.4) is 0 Å². The summed E-state index contributed by atoms with van der Waals surface area (Å²) < 4.78 is 5.11. The lowest BCUT2D eigenvalue weighted by Crippen LogP contribution is -2.31. The van der Waals surface area contributed by atoms with Crippen molar-refractivity contribution in [3.8, 4) is 5.75 Å². The Kier molecular flexibility index (Phi) is 4.44. The topological polar surface area (TPSA) is 72.6 Å². The number of amides is 2. The van der Waals surface area contributed by atoms with Crippen LogP contribution in [0.4, 0.5) is 5.69 Å². The second-order valence-electron chi connectivity index (χ2n) is 4.12. The highest BCUT2D eigenvalue weighted by atomic mass is 32.2. The van der Waals surface area contributed by atoms with Gasteiger partial charge in [0.2, 0.25) is 11.8 Å². The fourth-order valence-corrected chi connectivity index (χ4v) is 2.89. The fraction of sp³-hybridized carbons (Fsp3) is 0.385. The average Bonchev–Trinajstić information content (AvgIpc) is 2.71. The van der Waals surface area contributed by atoms with Crippen molar-refractivity contribution in [3.05, 3.63) is 24.3 Å². The summed E-state index contributed by atoms with van der Waals surface area (Å²) in [6.45, 7) is 0.502. The fourth-order valence-electron chi connectivity index (χ4n) is 1.97. The van der Waals surface area contributed by atoms with Crippen LogP contribution in [0.15, 0.2) is 24.3 Å². The van der Waals surface area contributed by atoms with Gasteiger partial charge in [-0.05, 0) is 12.1 Å². The van der Waals surface area contributed by atoms with Gasteiger partial charge >= 0.3 is 0 Å². The van der Waals surface area contributed by atoms with E-state index in [0.29, 0.717) is 23.7 Å². The molecule has 1 atom stereocenters. The minimum absolute atomic E-state index is 0.170. The molecule has 5 nitrogen and oxygen atoms in total. The van der Waals surface area contributed by atoms with Crippen LogP contribution in [0.1, 0.15) is 6.42 Å². The van der Waals surface area contributed by atoms with Crippen LogP contribution in [0.25, 0.3) is 0 Å². The Morgan fingerprint density at radius 2 is 2.26 bits per heavy atom. The molecule has 2 amide bonds. The number of nitrogens with two attached hydrogens (primary N) is 1. The molecule has 1 aromatic rings. The van der Waals surface area contributed by atoms with Gasteiger partial charge in [-0.15, -0.1) is 11.8 Å². The summed E-state index contributed by atoms with van der Waals surface area (Å²) in [6.07, 6.45) is 0.237. The minimum Gasteiger partial charge on any atom is -0.497 e. The Bertz CT molecular complexity index is 493. The molecule has 1 unspecified atom stereocenters. The molecule has 1 saturated heterocycles. The van der Waals surface area contributed by atoms with Crippen LogP contribution in [0.2, 0.25) is 0 Å². The Morgan fingerprint density at radius 1 is 1.47 bits per heavy atom. The van der Waals surface area contributed by atoms with E-state index in [1.807, 2.05) is 0 Å². The van der Waals surface area contributed by atoms with E-state index in [1.165, 1.54) is 16.7 Å². The second-order valence-corrected chi connectivity index (χ2v) is 5.43. The molecule has 1 fully saturated rings. The molecule has 6 heteroatoms. The van der Waals surface area contributed by atoms with Crippen molar-refractivity contribution in [1.29, 1.82) is 0 Å². The van der Waals surface area contributed by atoms with Gasteiger partial charge in [0.1, 0.15) is 5.75 Å². The molecule has 1 aliphatic rings. The molecule has 0 radical (unpaired) electrons. The van der Waals surface area contributed by atoms with E-state index < -0.39 is 0 Å². The lowest BCUT2D eigenvalue weighted by atomic mass is 10.3. The first kappa shape index (κ1) is 13.9. The van der Waals surface area contributed by atoms with Gasteiger partial charge in [0.25, 0.3) is 0 Å².